The predicted molar refractivity (Wildman–Crippen MR) is 200 cm³/mol. The average Bonchev–Trinajstić information content (AvgIpc) is 3.21. The maximum absolute atomic E-state index is 13.3. The number of halogens is 1. The first-order valence-corrected chi connectivity index (χ1v) is 22.1. The molecule has 51 heavy (non-hydrogen) atoms. The summed E-state index contributed by atoms with van der Waals surface area (Å²) < 4.78 is 48.7. The molecule has 10 nitrogen and oxygen atoms in total. The fraction of sp³-hybridized carbons (Fsp3) is 0.189. The van der Waals surface area contributed by atoms with E-state index in [2.05, 4.69) is 0 Å². The first-order valence-electron chi connectivity index (χ1n) is 16.5. The molecule has 1 unspecified atom stereocenters. The Labute approximate surface area is 301 Å². The number of hydroxylamine groups is 2. The lowest BCUT2D eigenvalue weighted by molar-refractivity contribution is -0.252. The molecule has 1 saturated heterocycles. The zero-order valence-electron chi connectivity index (χ0n) is 27.9. The molecule has 5 aromatic carbocycles. The molecular formula is C37H33ClN4O6P3. The first kappa shape index (κ1) is 32.9. The van der Waals surface area contributed by atoms with Gasteiger partial charge in [-0.3, -0.25) is 0 Å². The third-order valence-electron chi connectivity index (χ3n) is 9.59. The molecule has 259 valence electrons. The number of nitrogens with zero attached hydrogens (tertiary/aromatic N) is 4. The average molecular weight is 758 g/mol. The van der Waals surface area contributed by atoms with Crippen LogP contribution in [0.2, 0.25) is 0 Å². The van der Waals surface area contributed by atoms with E-state index in [1.165, 1.54) is 5.06 Å². The number of rotatable bonds is 3. The lowest BCUT2D eigenvalue weighted by atomic mass is 9.90. The largest absolute Gasteiger partial charge is 0.459 e. The van der Waals surface area contributed by atoms with E-state index in [1.54, 1.807) is 12.1 Å². The smallest absolute Gasteiger partial charge is 0.431 e. The summed E-state index contributed by atoms with van der Waals surface area (Å²) in [7, 11) is -7.58. The minimum atomic E-state index is -3.79. The van der Waals surface area contributed by atoms with Gasteiger partial charge in [-0.1, -0.05) is 89.4 Å². The van der Waals surface area contributed by atoms with E-state index in [-0.39, 0.29) is 0 Å². The van der Waals surface area contributed by atoms with Crippen LogP contribution in [0, 0.1) is 0 Å². The summed E-state index contributed by atoms with van der Waals surface area (Å²) in [4.78, 5) is 0. The van der Waals surface area contributed by atoms with E-state index < -0.39 is 33.2 Å². The summed E-state index contributed by atoms with van der Waals surface area (Å²) in [5.74, 6) is 2.46. The van der Waals surface area contributed by atoms with Crippen molar-refractivity contribution < 1.29 is 27.8 Å². The van der Waals surface area contributed by atoms with Crippen LogP contribution < -0.4 is 22.6 Å². The second kappa shape index (κ2) is 11.8. The van der Waals surface area contributed by atoms with Gasteiger partial charge in [-0.05, 0) is 86.8 Å². The van der Waals surface area contributed by atoms with Gasteiger partial charge in [0.25, 0.3) is 0 Å². The molecule has 0 saturated carbocycles. The summed E-state index contributed by atoms with van der Waals surface area (Å²) in [6.45, 7) is 2.15. The number of hydrogen-bond donors (Lipinski definition) is 0. The molecule has 1 fully saturated rings. The molecule has 1 radical (unpaired) electrons. The van der Waals surface area contributed by atoms with Gasteiger partial charge < -0.3 is 22.6 Å². The van der Waals surface area contributed by atoms with Crippen LogP contribution in [0.25, 0.3) is 22.3 Å². The predicted octanol–water partition coefficient (Wildman–Crippen LogP) is 12.9. The van der Waals surface area contributed by atoms with Crippen molar-refractivity contribution in [2.75, 3.05) is 0 Å². The lowest BCUT2D eigenvalue weighted by Gasteiger charge is -2.35. The van der Waals surface area contributed by atoms with Gasteiger partial charge in [0.05, 0.1) is 5.54 Å². The summed E-state index contributed by atoms with van der Waals surface area (Å²) >= 11 is 7.50. The Balaban J connectivity index is 1.23. The number of benzene rings is 5. The third-order valence-corrected chi connectivity index (χ3v) is 18.6. The van der Waals surface area contributed by atoms with Crippen molar-refractivity contribution in [3.8, 4) is 51.0 Å². The van der Waals surface area contributed by atoms with Gasteiger partial charge >= 0.3 is 22.1 Å². The Hall–Kier alpha value is -4.00. The minimum Gasteiger partial charge on any atom is -0.431 e. The molecule has 4 aliphatic heterocycles. The molecule has 2 spiro atoms. The highest BCUT2D eigenvalue weighted by molar-refractivity contribution is 7.94. The van der Waals surface area contributed by atoms with E-state index in [0.717, 1.165) is 40.7 Å². The molecule has 14 heteroatoms. The van der Waals surface area contributed by atoms with Crippen LogP contribution in [-0.2, 0) is 10.7 Å². The molecule has 4 heterocycles. The highest BCUT2D eigenvalue weighted by Gasteiger charge is 2.50. The topological polar surface area (TPSA) is 106 Å². The van der Waals surface area contributed by atoms with Gasteiger partial charge in [0.2, 0.25) is 0 Å². The Morgan fingerprint density at radius 2 is 1.00 bits per heavy atom. The molecule has 0 aromatic heterocycles. The maximum Gasteiger partial charge on any atom is 0.459 e. The second-order valence-corrected chi connectivity index (χ2v) is 20.9. The van der Waals surface area contributed by atoms with Gasteiger partial charge in [0.1, 0.15) is 28.7 Å². The molecule has 9 rings (SSSR count). The van der Waals surface area contributed by atoms with E-state index in [0.29, 0.717) is 28.7 Å². The summed E-state index contributed by atoms with van der Waals surface area (Å²) in [5.41, 5.74) is 3.00. The quantitative estimate of drug-likeness (QED) is 0.170. The van der Waals surface area contributed by atoms with Crippen molar-refractivity contribution in [3.63, 3.8) is 0 Å². The Kier molecular flexibility index (Phi) is 7.58. The van der Waals surface area contributed by atoms with Crippen LogP contribution in [0.1, 0.15) is 39.2 Å². The fourth-order valence-corrected chi connectivity index (χ4v) is 17.1. The van der Waals surface area contributed by atoms with Crippen LogP contribution in [0.5, 0.6) is 28.7 Å². The molecule has 0 aliphatic carbocycles. The summed E-state index contributed by atoms with van der Waals surface area (Å²) in [6.07, 6.45) is 1.52. The minimum absolute atomic E-state index is 0.400. The Bertz CT molecular complexity index is 2200. The van der Waals surface area contributed by atoms with Crippen LogP contribution in [0.3, 0.4) is 0 Å². The first-order chi connectivity index (χ1) is 24.5. The zero-order valence-corrected chi connectivity index (χ0v) is 31.4. The molecule has 4 aliphatic rings. The zero-order chi connectivity index (χ0) is 35.1. The van der Waals surface area contributed by atoms with E-state index in [1.807, 2.05) is 130 Å². The molecule has 0 amide bonds. The molecule has 0 bridgehead atoms. The maximum atomic E-state index is 13.3. The van der Waals surface area contributed by atoms with Crippen LogP contribution >= 0.6 is 33.3 Å². The number of hydrogen-bond acceptors (Lipinski definition) is 9. The fourth-order valence-electron chi connectivity index (χ4n) is 6.97. The Morgan fingerprint density at radius 3 is 1.41 bits per heavy atom. The lowest BCUT2D eigenvalue weighted by Crippen LogP contribution is -2.44. The highest BCUT2D eigenvalue weighted by Crippen LogP contribution is 2.81. The van der Waals surface area contributed by atoms with Gasteiger partial charge in [-0.2, -0.15) is 0 Å². The van der Waals surface area contributed by atoms with Crippen molar-refractivity contribution in [2.24, 2.45) is 13.5 Å². The number of para-hydroxylation sites is 4. The van der Waals surface area contributed by atoms with Crippen LogP contribution in [-0.4, -0.2) is 10.6 Å². The van der Waals surface area contributed by atoms with Crippen molar-refractivity contribution in [1.82, 2.24) is 5.06 Å². The van der Waals surface area contributed by atoms with Crippen molar-refractivity contribution in [1.29, 1.82) is 0 Å². The molecule has 2 atom stereocenters. The Morgan fingerprint density at radius 1 is 0.588 bits per heavy atom. The van der Waals surface area contributed by atoms with Crippen molar-refractivity contribution >= 4 is 33.3 Å². The van der Waals surface area contributed by atoms with E-state index >= 15 is 0 Å². The standard InChI is InChI=1S/C37H33ClN4O6P3/c1-36(2)24-25-37(3,42(36)43)26-20-22-27(23-21-26)44-49(38)39-50(45-32-16-8-4-12-28(32)29-13-5-9-17-33(29)46-50)41-51(40-49)47-34-18-10-6-14-30(34)31-15-7-11-19-35(31)48-51/h4-23H,24-25H2,1-3H3/t37-/m0/s1. The molecular weight excluding hydrogens is 725 g/mol. The van der Waals surface area contributed by atoms with Gasteiger partial charge in [-0.25, -0.2) is 0 Å². The second-order valence-electron chi connectivity index (χ2n) is 13.6. The normalized spacial score (nSPS) is 24.5. The molecule has 0 N–H and O–H groups in total. The van der Waals surface area contributed by atoms with E-state index in [9.17, 15) is 5.21 Å². The van der Waals surface area contributed by atoms with Gasteiger partial charge in [0, 0.05) is 27.8 Å². The van der Waals surface area contributed by atoms with Crippen LogP contribution in [0.15, 0.2) is 135 Å². The number of fused-ring (bicyclic) bond motifs is 6. The van der Waals surface area contributed by atoms with Gasteiger partial charge in [0.15, 0.2) is 0 Å². The summed E-state index contributed by atoms with van der Waals surface area (Å²) in [6, 6.07) is 37.8. The SMILES string of the molecule is CC1(C)CC[C@@](C)(c2ccc(OP3(Cl)=NP4(=NP5(=N3)Oc3ccccc3-c3ccccc3O5)Oc3ccccc3-c3ccccc3O4)cc2)N1[O]. The van der Waals surface area contributed by atoms with Crippen LogP contribution in [0.4, 0.5) is 0 Å². The highest BCUT2D eigenvalue weighted by atomic mass is 35.7. The third kappa shape index (κ3) is 5.61. The molecule has 5 aromatic rings. The van der Waals surface area contributed by atoms with Crippen molar-refractivity contribution in [2.45, 2.75) is 44.7 Å². The summed E-state index contributed by atoms with van der Waals surface area (Å²) in [5, 5.41) is 14.5. The van der Waals surface area contributed by atoms with E-state index in [4.69, 9.17) is 47.4 Å². The van der Waals surface area contributed by atoms with Crippen molar-refractivity contribution in [3.05, 3.63) is 127 Å². The van der Waals surface area contributed by atoms with Gasteiger partial charge in [-0.15, -0.1) is 19.3 Å². The monoisotopic (exact) mass is 757 g/mol.